The molecule has 2 N–H and O–H groups in total. The van der Waals surface area contributed by atoms with Crippen LogP contribution in [0.2, 0.25) is 0 Å². The molecule has 2 aromatic rings. The van der Waals surface area contributed by atoms with Gasteiger partial charge in [0.05, 0.1) is 17.3 Å². The summed E-state index contributed by atoms with van der Waals surface area (Å²) in [6.07, 6.45) is 1.57. The van der Waals surface area contributed by atoms with E-state index in [-0.39, 0.29) is 0 Å². The van der Waals surface area contributed by atoms with E-state index in [9.17, 15) is 0 Å². The Morgan fingerprint density at radius 2 is 2.28 bits per heavy atom. The molecule has 18 heavy (non-hydrogen) atoms. The highest BCUT2D eigenvalue weighted by atomic mass is 79.9. The summed E-state index contributed by atoms with van der Waals surface area (Å²) in [7, 11) is 0. The van der Waals surface area contributed by atoms with Gasteiger partial charge in [0.15, 0.2) is 5.13 Å². The van der Waals surface area contributed by atoms with Crippen molar-refractivity contribution < 1.29 is 0 Å². The van der Waals surface area contributed by atoms with Gasteiger partial charge in [0.25, 0.3) is 0 Å². The number of aryl methyl sites for hydroxylation is 1. The zero-order valence-electron chi connectivity index (χ0n) is 9.90. The van der Waals surface area contributed by atoms with Crippen LogP contribution in [0.3, 0.4) is 0 Å². The van der Waals surface area contributed by atoms with Crippen LogP contribution in [0.4, 0.5) is 5.13 Å². The lowest BCUT2D eigenvalue weighted by Crippen LogP contribution is -1.94. The highest BCUT2D eigenvalue weighted by Crippen LogP contribution is 2.26. The molecule has 0 spiro atoms. The lowest BCUT2D eigenvalue weighted by atomic mass is 10.0. The van der Waals surface area contributed by atoms with E-state index in [1.165, 1.54) is 11.3 Å². The fourth-order valence-electron chi connectivity index (χ4n) is 1.81. The Morgan fingerprint density at radius 1 is 1.50 bits per heavy atom. The zero-order valence-corrected chi connectivity index (χ0v) is 12.3. The lowest BCUT2D eigenvalue weighted by molar-refractivity contribution is 1.02. The van der Waals surface area contributed by atoms with Crippen LogP contribution >= 0.6 is 27.3 Å². The quantitative estimate of drug-likeness (QED) is 0.940. The molecule has 0 aliphatic carbocycles. The smallest absolute Gasteiger partial charge is 0.180 e. The summed E-state index contributed by atoms with van der Waals surface area (Å²) in [6.45, 7) is 2.06. The molecule has 0 bridgehead atoms. The number of nitrogens with two attached hydrogens (primary N) is 1. The number of nitrogens with zero attached hydrogens (tertiary/aromatic N) is 2. The van der Waals surface area contributed by atoms with Crippen molar-refractivity contribution in [1.29, 1.82) is 5.26 Å². The molecule has 5 heteroatoms. The molecular formula is C13H12BrN3S. The standard InChI is InChI=1S/C13H12BrN3S/c1-2-11-12(18-13(16)17-11)6-9-5-10(14)4-3-8(9)7-15/h3-5H,2,6H2,1H3,(H2,16,17). The molecule has 0 unspecified atom stereocenters. The number of thiazole rings is 1. The number of benzene rings is 1. The second kappa shape index (κ2) is 5.51. The second-order valence-electron chi connectivity index (χ2n) is 3.87. The van der Waals surface area contributed by atoms with Crippen molar-refractivity contribution in [2.75, 3.05) is 5.73 Å². The number of aromatic nitrogens is 1. The molecule has 2 rings (SSSR count). The molecule has 0 saturated heterocycles. The summed E-state index contributed by atoms with van der Waals surface area (Å²) in [6, 6.07) is 7.91. The summed E-state index contributed by atoms with van der Waals surface area (Å²) < 4.78 is 0.979. The van der Waals surface area contributed by atoms with E-state index in [2.05, 4.69) is 33.9 Å². The van der Waals surface area contributed by atoms with Gasteiger partial charge in [0.2, 0.25) is 0 Å². The van der Waals surface area contributed by atoms with Gasteiger partial charge in [-0.15, -0.1) is 11.3 Å². The maximum Gasteiger partial charge on any atom is 0.180 e. The third-order valence-corrected chi connectivity index (χ3v) is 4.09. The number of halogens is 1. The van der Waals surface area contributed by atoms with Crippen LogP contribution in [-0.2, 0) is 12.8 Å². The van der Waals surface area contributed by atoms with Crippen molar-refractivity contribution in [2.45, 2.75) is 19.8 Å². The van der Waals surface area contributed by atoms with Gasteiger partial charge >= 0.3 is 0 Å². The molecule has 1 aromatic heterocycles. The number of anilines is 1. The number of hydrogen-bond acceptors (Lipinski definition) is 4. The Kier molecular flexibility index (Phi) is 4.00. The van der Waals surface area contributed by atoms with Gasteiger partial charge in [-0.25, -0.2) is 4.98 Å². The highest BCUT2D eigenvalue weighted by molar-refractivity contribution is 9.10. The molecule has 0 radical (unpaired) electrons. The van der Waals surface area contributed by atoms with Crippen molar-refractivity contribution in [2.24, 2.45) is 0 Å². The van der Waals surface area contributed by atoms with E-state index in [0.29, 0.717) is 17.1 Å². The Morgan fingerprint density at radius 3 is 2.94 bits per heavy atom. The SMILES string of the molecule is CCc1nc(N)sc1Cc1cc(Br)ccc1C#N. The summed E-state index contributed by atoms with van der Waals surface area (Å²) in [4.78, 5) is 5.45. The van der Waals surface area contributed by atoms with Crippen LogP contribution in [0.25, 0.3) is 0 Å². The fraction of sp³-hybridized carbons (Fsp3) is 0.231. The van der Waals surface area contributed by atoms with Crippen LogP contribution < -0.4 is 5.73 Å². The molecule has 0 atom stereocenters. The molecule has 1 heterocycles. The van der Waals surface area contributed by atoms with Gasteiger partial charge in [-0.3, -0.25) is 0 Å². The molecule has 0 fully saturated rings. The molecule has 0 aliphatic rings. The average Bonchev–Trinajstić information content (AvgIpc) is 2.70. The molecule has 92 valence electrons. The Hall–Kier alpha value is -1.38. The van der Waals surface area contributed by atoms with Gasteiger partial charge in [0.1, 0.15) is 0 Å². The normalized spacial score (nSPS) is 10.3. The van der Waals surface area contributed by atoms with Crippen LogP contribution in [0.1, 0.15) is 28.6 Å². The van der Waals surface area contributed by atoms with E-state index in [1.54, 1.807) is 0 Å². The van der Waals surface area contributed by atoms with Crippen molar-refractivity contribution in [1.82, 2.24) is 4.98 Å². The Labute approximate surface area is 118 Å². The maximum absolute atomic E-state index is 9.12. The minimum absolute atomic E-state index is 0.593. The van der Waals surface area contributed by atoms with E-state index in [0.717, 1.165) is 27.0 Å². The van der Waals surface area contributed by atoms with E-state index < -0.39 is 0 Å². The van der Waals surface area contributed by atoms with Crippen LogP contribution in [0.5, 0.6) is 0 Å². The third-order valence-electron chi connectivity index (χ3n) is 2.67. The maximum atomic E-state index is 9.12. The Bertz CT molecular complexity index is 613. The van der Waals surface area contributed by atoms with Gasteiger partial charge in [-0.1, -0.05) is 22.9 Å². The average molecular weight is 322 g/mol. The third kappa shape index (κ3) is 2.71. The van der Waals surface area contributed by atoms with Gasteiger partial charge < -0.3 is 5.73 Å². The van der Waals surface area contributed by atoms with Crippen molar-refractivity contribution in [3.8, 4) is 6.07 Å². The number of hydrogen-bond donors (Lipinski definition) is 1. The molecule has 1 aromatic carbocycles. The highest BCUT2D eigenvalue weighted by Gasteiger charge is 2.11. The predicted octanol–water partition coefficient (Wildman–Crippen LogP) is 3.51. The molecular weight excluding hydrogens is 310 g/mol. The first-order chi connectivity index (χ1) is 8.63. The predicted molar refractivity (Wildman–Crippen MR) is 77.6 cm³/mol. The lowest BCUT2D eigenvalue weighted by Gasteiger charge is -2.04. The molecule has 0 amide bonds. The molecule has 0 saturated carbocycles. The van der Waals surface area contributed by atoms with Crippen molar-refractivity contribution in [3.63, 3.8) is 0 Å². The second-order valence-corrected chi connectivity index (χ2v) is 5.90. The summed E-state index contributed by atoms with van der Waals surface area (Å²) in [5, 5.41) is 9.71. The minimum atomic E-state index is 0.593. The van der Waals surface area contributed by atoms with Crippen LogP contribution in [-0.4, -0.2) is 4.98 Å². The zero-order chi connectivity index (χ0) is 13.1. The van der Waals surface area contributed by atoms with E-state index >= 15 is 0 Å². The molecule has 3 nitrogen and oxygen atoms in total. The summed E-state index contributed by atoms with van der Waals surface area (Å²) in [5.74, 6) is 0. The van der Waals surface area contributed by atoms with E-state index in [1.807, 2.05) is 18.2 Å². The fourth-order valence-corrected chi connectivity index (χ4v) is 3.16. The van der Waals surface area contributed by atoms with Crippen molar-refractivity contribution in [3.05, 3.63) is 44.4 Å². The first-order valence-corrected chi connectivity index (χ1v) is 7.17. The molecule has 0 aliphatic heterocycles. The number of rotatable bonds is 3. The van der Waals surface area contributed by atoms with E-state index in [4.69, 9.17) is 11.0 Å². The largest absolute Gasteiger partial charge is 0.375 e. The first kappa shape index (κ1) is 13.1. The first-order valence-electron chi connectivity index (χ1n) is 5.56. The van der Waals surface area contributed by atoms with Gasteiger partial charge in [-0.2, -0.15) is 5.26 Å². The Balaban J connectivity index is 2.39. The van der Waals surface area contributed by atoms with Gasteiger partial charge in [0, 0.05) is 15.8 Å². The monoisotopic (exact) mass is 321 g/mol. The summed E-state index contributed by atoms with van der Waals surface area (Å²) in [5.41, 5.74) is 8.48. The van der Waals surface area contributed by atoms with Crippen LogP contribution in [0.15, 0.2) is 22.7 Å². The van der Waals surface area contributed by atoms with Crippen LogP contribution in [0, 0.1) is 11.3 Å². The summed E-state index contributed by atoms with van der Waals surface area (Å²) >= 11 is 4.93. The number of nitriles is 1. The van der Waals surface area contributed by atoms with Crippen molar-refractivity contribution >= 4 is 32.4 Å². The number of nitrogen functional groups attached to an aromatic ring is 1. The van der Waals surface area contributed by atoms with Gasteiger partial charge in [-0.05, 0) is 30.2 Å². The topological polar surface area (TPSA) is 62.7 Å². The minimum Gasteiger partial charge on any atom is -0.375 e.